The Balaban J connectivity index is 1.66. The lowest BCUT2D eigenvalue weighted by Gasteiger charge is -2.19. The maximum absolute atomic E-state index is 3.66. The molecule has 3 aliphatic rings. The van der Waals surface area contributed by atoms with Crippen molar-refractivity contribution < 1.29 is 0 Å². The van der Waals surface area contributed by atoms with Gasteiger partial charge in [-0.25, -0.2) is 0 Å². The molecule has 0 aliphatic heterocycles. The van der Waals surface area contributed by atoms with Gasteiger partial charge in [-0.2, -0.15) is 0 Å². The first-order chi connectivity index (χ1) is 7.92. The fraction of sp³-hybridized carbons (Fsp3) is 0.600. The monoisotopic (exact) mass is 213 g/mol. The number of nitrogens with one attached hydrogen (secondary N) is 1. The van der Waals surface area contributed by atoms with Gasteiger partial charge < -0.3 is 5.32 Å². The molecule has 1 heteroatoms. The Morgan fingerprint density at radius 1 is 1.06 bits per heavy atom. The lowest BCUT2D eigenvalue weighted by atomic mass is 9.88. The third kappa shape index (κ3) is 1.34. The van der Waals surface area contributed by atoms with Crippen molar-refractivity contribution in [1.82, 2.24) is 5.32 Å². The molecule has 0 radical (unpaired) electrons. The van der Waals surface area contributed by atoms with E-state index in [9.17, 15) is 0 Å². The molecule has 0 amide bonds. The molecule has 4 rings (SSSR count). The van der Waals surface area contributed by atoms with E-state index in [1.807, 2.05) is 0 Å². The van der Waals surface area contributed by atoms with Crippen LogP contribution in [0.2, 0.25) is 0 Å². The summed E-state index contributed by atoms with van der Waals surface area (Å²) >= 11 is 0. The molecule has 2 unspecified atom stereocenters. The summed E-state index contributed by atoms with van der Waals surface area (Å²) in [5.41, 5.74) is 5.01. The molecule has 1 aromatic rings. The van der Waals surface area contributed by atoms with E-state index < -0.39 is 0 Å². The summed E-state index contributed by atoms with van der Waals surface area (Å²) in [7, 11) is 0. The van der Waals surface area contributed by atoms with E-state index in [2.05, 4.69) is 23.5 Å². The van der Waals surface area contributed by atoms with Gasteiger partial charge in [-0.05, 0) is 60.6 Å². The Morgan fingerprint density at radius 3 is 2.81 bits per heavy atom. The highest BCUT2D eigenvalue weighted by atomic mass is 14.9. The van der Waals surface area contributed by atoms with Crippen molar-refractivity contribution in [3.05, 3.63) is 34.9 Å². The van der Waals surface area contributed by atoms with Crippen LogP contribution in [-0.4, -0.2) is 6.04 Å². The maximum Gasteiger partial charge on any atom is 0.0211 e. The van der Waals surface area contributed by atoms with E-state index in [-0.39, 0.29) is 0 Å². The van der Waals surface area contributed by atoms with Gasteiger partial charge in [0.2, 0.25) is 0 Å². The van der Waals surface area contributed by atoms with Gasteiger partial charge in [0.25, 0.3) is 0 Å². The molecule has 0 spiro atoms. The van der Waals surface area contributed by atoms with Gasteiger partial charge in [-0.1, -0.05) is 18.2 Å². The third-order valence-electron chi connectivity index (χ3n) is 4.67. The summed E-state index contributed by atoms with van der Waals surface area (Å²) in [5.74, 6) is 1.80. The van der Waals surface area contributed by atoms with Crippen LogP contribution in [0.4, 0.5) is 0 Å². The number of fused-ring (bicyclic) bond motifs is 5. The van der Waals surface area contributed by atoms with Crippen molar-refractivity contribution in [3.8, 4) is 0 Å². The van der Waals surface area contributed by atoms with Crippen LogP contribution < -0.4 is 5.32 Å². The molecule has 2 atom stereocenters. The molecule has 16 heavy (non-hydrogen) atoms. The quantitative estimate of drug-likeness (QED) is 0.812. The molecular weight excluding hydrogens is 194 g/mol. The van der Waals surface area contributed by atoms with Crippen molar-refractivity contribution in [1.29, 1.82) is 0 Å². The predicted molar refractivity (Wildman–Crippen MR) is 65.6 cm³/mol. The van der Waals surface area contributed by atoms with Crippen LogP contribution in [0.15, 0.2) is 18.2 Å². The summed E-state index contributed by atoms with van der Waals surface area (Å²) in [5, 5.41) is 3.66. The first-order valence-corrected chi connectivity index (χ1v) is 6.77. The van der Waals surface area contributed by atoms with Crippen molar-refractivity contribution in [3.63, 3.8) is 0 Å². The van der Waals surface area contributed by atoms with Gasteiger partial charge in [0.05, 0.1) is 0 Å². The van der Waals surface area contributed by atoms with Gasteiger partial charge in [0, 0.05) is 12.6 Å². The fourth-order valence-corrected chi connectivity index (χ4v) is 3.71. The van der Waals surface area contributed by atoms with E-state index in [1.54, 1.807) is 16.7 Å². The minimum atomic E-state index is 0.828. The molecule has 0 heterocycles. The van der Waals surface area contributed by atoms with E-state index in [1.165, 1.54) is 32.1 Å². The van der Waals surface area contributed by atoms with Crippen LogP contribution in [0, 0.1) is 0 Å². The van der Waals surface area contributed by atoms with Gasteiger partial charge in [0.1, 0.15) is 0 Å². The predicted octanol–water partition coefficient (Wildman–Crippen LogP) is 3.30. The third-order valence-corrected chi connectivity index (χ3v) is 4.67. The molecule has 2 bridgehead atoms. The molecular formula is C15H19N. The normalized spacial score (nSPS) is 30.8. The SMILES string of the molecule is c1cc(CNC2CC2)c2c(c1)C1CCC2C1. The van der Waals surface area contributed by atoms with E-state index >= 15 is 0 Å². The lowest BCUT2D eigenvalue weighted by molar-refractivity contribution is 0.660. The van der Waals surface area contributed by atoms with Gasteiger partial charge in [-0.3, -0.25) is 0 Å². The minimum Gasteiger partial charge on any atom is -0.310 e. The largest absolute Gasteiger partial charge is 0.310 e. The Morgan fingerprint density at radius 2 is 1.94 bits per heavy atom. The second-order valence-corrected chi connectivity index (χ2v) is 5.78. The standard InChI is InChI=1S/C15H19N/c1-2-12(9-16-13-6-7-13)15-11-5-4-10(8-11)14(15)3-1/h1-3,10-11,13,16H,4-9H2. The Hall–Kier alpha value is -0.820. The Kier molecular flexibility index (Phi) is 1.92. The molecule has 2 saturated carbocycles. The first-order valence-electron chi connectivity index (χ1n) is 6.77. The van der Waals surface area contributed by atoms with Crippen LogP contribution in [0.5, 0.6) is 0 Å². The molecule has 0 aromatic heterocycles. The summed E-state index contributed by atoms with van der Waals surface area (Å²) in [6.45, 7) is 1.11. The topological polar surface area (TPSA) is 12.0 Å². The van der Waals surface area contributed by atoms with Crippen molar-refractivity contribution in [2.75, 3.05) is 0 Å². The summed E-state index contributed by atoms with van der Waals surface area (Å²) in [4.78, 5) is 0. The van der Waals surface area contributed by atoms with Crippen molar-refractivity contribution >= 4 is 0 Å². The van der Waals surface area contributed by atoms with Crippen molar-refractivity contribution in [2.24, 2.45) is 0 Å². The summed E-state index contributed by atoms with van der Waals surface area (Å²) < 4.78 is 0. The number of benzene rings is 1. The zero-order chi connectivity index (χ0) is 10.5. The fourth-order valence-electron chi connectivity index (χ4n) is 3.71. The number of hydrogen-bond donors (Lipinski definition) is 1. The Labute approximate surface area is 97.2 Å². The van der Waals surface area contributed by atoms with E-state index in [0.29, 0.717) is 0 Å². The summed E-state index contributed by atoms with van der Waals surface area (Å²) in [6, 6.07) is 7.81. The van der Waals surface area contributed by atoms with Crippen LogP contribution in [0.1, 0.15) is 60.6 Å². The zero-order valence-electron chi connectivity index (χ0n) is 9.71. The molecule has 2 fully saturated rings. The summed E-state index contributed by atoms with van der Waals surface area (Å²) in [6.07, 6.45) is 7.10. The minimum absolute atomic E-state index is 0.828. The first kappa shape index (κ1) is 9.23. The number of rotatable bonds is 3. The van der Waals surface area contributed by atoms with E-state index in [0.717, 1.165) is 24.4 Å². The van der Waals surface area contributed by atoms with Crippen molar-refractivity contribution in [2.45, 2.75) is 56.5 Å². The average Bonchev–Trinajstić information content (AvgIpc) is 2.92. The molecule has 84 valence electrons. The van der Waals surface area contributed by atoms with Gasteiger partial charge in [-0.15, -0.1) is 0 Å². The molecule has 1 aromatic carbocycles. The van der Waals surface area contributed by atoms with Gasteiger partial charge in [0.15, 0.2) is 0 Å². The molecule has 1 N–H and O–H groups in total. The molecule has 1 nitrogen and oxygen atoms in total. The zero-order valence-corrected chi connectivity index (χ0v) is 9.71. The van der Waals surface area contributed by atoms with Gasteiger partial charge >= 0.3 is 0 Å². The molecule has 3 aliphatic carbocycles. The van der Waals surface area contributed by atoms with Crippen LogP contribution in [0.3, 0.4) is 0 Å². The average molecular weight is 213 g/mol. The highest BCUT2D eigenvalue weighted by Crippen LogP contribution is 2.53. The highest BCUT2D eigenvalue weighted by Gasteiger charge is 2.38. The maximum atomic E-state index is 3.66. The van der Waals surface area contributed by atoms with E-state index in [4.69, 9.17) is 0 Å². The molecule has 0 saturated heterocycles. The Bertz CT molecular complexity index is 419. The number of hydrogen-bond acceptors (Lipinski definition) is 1. The van der Waals surface area contributed by atoms with Crippen LogP contribution in [0.25, 0.3) is 0 Å². The lowest BCUT2D eigenvalue weighted by Crippen LogP contribution is -2.17. The van der Waals surface area contributed by atoms with Crippen LogP contribution >= 0.6 is 0 Å². The second kappa shape index (κ2) is 3.33. The smallest absolute Gasteiger partial charge is 0.0211 e. The highest BCUT2D eigenvalue weighted by molar-refractivity contribution is 5.46. The second-order valence-electron chi connectivity index (χ2n) is 5.78. The van der Waals surface area contributed by atoms with Crippen LogP contribution in [-0.2, 0) is 6.54 Å².